The second kappa shape index (κ2) is 8.35. The first kappa shape index (κ1) is 19.8. The van der Waals surface area contributed by atoms with Crippen molar-refractivity contribution >= 4 is 34.3 Å². The number of aromatic nitrogens is 2. The minimum atomic E-state index is -0.863. The normalized spacial score (nSPS) is 12.0. The molecule has 0 aliphatic rings. The van der Waals surface area contributed by atoms with Gasteiger partial charge in [0.05, 0.1) is 21.8 Å². The Morgan fingerprint density at radius 2 is 2.07 bits per heavy atom. The first-order valence-electron chi connectivity index (χ1n) is 8.43. The van der Waals surface area contributed by atoms with E-state index in [0.29, 0.717) is 22.1 Å². The summed E-state index contributed by atoms with van der Waals surface area (Å²) in [7, 11) is 0. The van der Waals surface area contributed by atoms with Crippen LogP contribution in [0.1, 0.15) is 6.92 Å². The number of nitrogens with zero attached hydrogens (tertiary/aromatic N) is 2. The molecule has 1 aromatic heterocycles. The minimum absolute atomic E-state index is 0.117. The summed E-state index contributed by atoms with van der Waals surface area (Å²) < 4.78 is 28.2. The zero-order valence-electron chi connectivity index (χ0n) is 15.0. The van der Waals surface area contributed by atoms with Gasteiger partial charge in [-0.15, -0.1) is 6.58 Å². The molecule has 2 aromatic carbocycles. The van der Waals surface area contributed by atoms with Crippen molar-refractivity contribution in [1.29, 1.82) is 0 Å². The molecule has 1 heterocycles. The average Bonchev–Trinajstić information content (AvgIpc) is 2.67. The fraction of sp³-hybridized carbons (Fsp3) is 0.150. The van der Waals surface area contributed by atoms with Crippen LogP contribution in [0.25, 0.3) is 10.9 Å². The lowest BCUT2D eigenvalue weighted by Gasteiger charge is -2.15. The van der Waals surface area contributed by atoms with E-state index in [9.17, 15) is 18.4 Å². The monoisotopic (exact) mass is 401 g/mol. The number of hydrogen-bond donors (Lipinski definition) is 1. The number of amides is 1. The van der Waals surface area contributed by atoms with Crippen LogP contribution in [0, 0.1) is 11.6 Å². The van der Waals surface area contributed by atoms with Crippen LogP contribution in [0.2, 0.25) is 0 Å². The number of benzene rings is 2. The highest BCUT2D eigenvalue weighted by atomic mass is 32.2. The second-order valence-electron chi connectivity index (χ2n) is 5.99. The predicted octanol–water partition coefficient (Wildman–Crippen LogP) is 3.98. The maximum absolute atomic E-state index is 13.8. The SMILES string of the molecule is C=CCn1c(S[C@@H](C)C(=O)Nc2ccc(F)cc2F)nc2ccccc2c1=O. The Hall–Kier alpha value is -3.00. The van der Waals surface area contributed by atoms with Gasteiger partial charge in [0.25, 0.3) is 5.56 Å². The van der Waals surface area contributed by atoms with Crippen LogP contribution in [-0.4, -0.2) is 20.7 Å². The molecular weight excluding hydrogens is 384 g/mol. The van der Waals surface area contributed by atoms with E-state index in [4.69, 9.17) is 0 Å². The Bertz CT molecular complexity index is 1110. The standard InChI is InChI=1S/C20H17F2N3O2S/c1-3-10-25-19(27)14-6-4-5-7-16(14)24-20(25)28-12(2)18(26)23-17-9-8-13(21)11-15(17)22/h3-9,11-12H,1,10H2,2H3,(H,23,26)/t12-/m0/s1. The van der Waals surface area contributed by atoms with E-state index in [2.05, 4.69) is 16.9 Å². The second-order valence-corrected chi connectivity index (χ2v) is 7.30. The Kier molecular flexibility index (Phi) is 5.89. The molecule has 1 N–H and O–H groups in total. The molecule has 0 unspecified atom stereocenters. The summed E-state index contributed by atoms with van der Waals surface area (Å²) in [6.07, 6.45) is 1.57. The van der Waals surface area contributed by atoms with Gasteiger partial charge in [-0.25, -0.2) is 13.8 Å². The third-order valence-electron chi connectivity index (χ3n) is 3.98. The number of hydrogen-bond acceptors (Lipinski definition) is 4. The number of fused-ring (bicyclic) bond motifs is 1. The lowest BCUT2D eigenvalue weighted by molar-refractivity contribution is -0.115. The van der Waals surface area contributed by atoms with Crippen molar-refractivity contribution in [1.82, 2.24) is 9.55 Å². The van der Waals surface area contributed by atoms with Crippen LogP contribution in [0.4, 0.5) is 14.5 Å². The van der Waals surface area contributed by atoms with Crippen LogP contribution in [0.3, 0.4) is 0 Å². The summed E-state index contributed by atoms with van der Waals surface area (Å²) in [6, 6.07) is 9.84. The maximum atomic E-state index is 13.8. The number of para-hydroxylation sites is 1. The van der Waals surface area contributed by atoms with Crippen LogP contribution >= 0.6 is 11.8 Å². The molecule has 0 bridgehead atoms. The molecule has 5 nitrogen and oxygen atoms in total. The molecule has 0 fully saturated rings. The fourth-order valence-electron chi connectivity index (χ4n) is 2.56. The summed E-state index contributed by atoms with van der Waals surface area (Å²) >= 11 is 1.07. The summed E-state index contributed by atoms with van der Waals surface area (Å²) in [5.41, 5.74) is 0.173. The van der Waals surface area contributed by atoms with E-state index in [-0.39, 0.29) is 17.8 Å². The summed E-state index contributed by atoms with van der Waals surface area (Å²) in [6.45, 7) is 5.50. The third-order valence-corrected chi connectivity index (χ3v) is 5.07. The molecule has 3 aromatic rings. The zero-order chi connectivity index (χ0) is 20.3. The first-order valence-corrected chi connectivity index (χ1v) is 9.31. The Morgan fingerprint density at radius 3 is 2.79 bits per heavy atom. The number of nitrogens with one attached hydrogen (secondary N) is 1. The minimum Gasteiger partial charge on any atom is -0.323 e. The summed E-state index contributed by atoms with van der Waals surface area (Å²) in [5, 5.41) is 2.56. The lowest BCUT2D eigenvalue weighted by Crippen LogP contribution is -2.27. The maximum Gasteiger partial charge on any atom is 0.262 e. The quantitative estimate of drug-likeness (QED) is 0.386. The van der Waals surface area contributed by atoms with Gasteiger partial charge in [-0.3, -0.25) is 14.2 Å². The van der Waals surface area contributed by atoms with Gasteiger partial charge in [0.2, 0.25) is 5.91 Å². The van der Waals surface area contributed by atoms with Crippen molar-refractivity contribution in [3.05, 3.63) is 77.1 Å². The molecule has 0 spiro atoms. The van der Waals surface area contributed by atoms with Gasteiger partial charge in [-0.1, -0.05) is 30.0 Å². The number of anilines is 1. The van der Waals surface area contributed by atoms with Crippen molar-refractivity contribution in [2.45, 2.75) is 23.9 Å². The van der Waals surface area contributed by atoms with Crippen LogP contribution in [-0.2, 0) is 11.3 Å². The number of halogens is 2. The predicted molar refractivity (Wildman–Crippen MR) is 107 cm³/mol. The lowest BCUT2D eigenvalue weighted by atomic mass is 10.2. The fourth-order valence-corrected chi connectivity index (χ4v) is 3.48. The van der Waals surface area contributed by atoms with E-state index in [0.717, 1.165) is 23.9 Å². The highest BCUT2D eigenvalue weighted by Crippen LogP contribution is 2.24. The number of carbonyl (C=O) groups is 1. The van der Waals surface area contributed by atoms with Crippen LogP contribution in [0.5, 0.6) is 0 Å². The molecule has 1 amide bonds. The van der Waals surface area contributed by atoms with Gasteiger partial charge in [0.1, 0.15) is 11.6 Å². The molecule has 0 saturated carbocycles. The van der Waals surface area contributed by atoms with Gasteiger partial charge in [-0.05, 0) is 31.2 Å². The summed E-state index contributed by atoms with van der Waals surface area (Å²) in [5.74, 6) is -2.09. The molecular formula is C20H17F2N3O2S. The van der Waals surface area contributed by atoms with E-state index in [1.165, 1.54) is 4.57 Å². The Balaban J connectivity index is 1.88. The molecule has 28 heavy (non-hydrogen) atoms. The molecule has 0 radical (unpaired) electrons. The third kappa shape index (κ3) is 4.12. The van der Waals surface area contributed by atoms with E-state index < -0.39 is 22.8 Å². The molecule has 3 rings (SSSR count). The number of thioether (sulfide) groups is 1. The van der Waals surface area contributed by atoms with Gasteiger partial charge in [0.15, 0.2) is 5.16 Å². The zero-order valence-corrected chi connectivity index (χ0v) is 15.8. The number of allylic oxidation sites excluding steroid dienone is 1. The van der Waals surface area contributed by atoms with Gasteiger partial charge >= 0.3 is 0 Å². The van der Waals surface area contributed by atoms with Crippen molar-refractivity contribution in [3.8, 4) is 0 Å². The van der Waals surface area contributed by atoms with Gasteiger partial charge in [0, 0.05) is 12.6 Å². The van der Waals surface area contributed by atoms with Crippen molar-refractivity contribution in [3.63, 3.8) is 0 Å². The summed E-state index contributed by atoms with van der Waals surface area (Å²) in [4.78, 5) is 29.7. The highest BCUT2D eigenvalue weighted by Gasteiger charge is 2.20. The van der Waals surface area contributed by atoms with E-state index in [1.54, 1.807) is 37.3 Å². The van der Waals surface area contributed by atoms with Crippen LogP contribution in [0.15, 0.2) is 65.1 Å². The number of rotatable bonds is 6. The van der Waals surface area contributed by atoms with Crippen molar-refractivity contribution in [2.24, 2.45) is 0 Å². The van der Waals surface area contributed by atoms with E-state index >= 15 is 0 Å². The van der Waals surface area contributed by atoms with Crippen molar-refractivity contribution < 1.29 is 13.6 Å². The van der Waals surface area contributed by atoms with Gasteiger partial charge < -0.3 is 5.32 Å². The smallest absolute Gasteiger partial charge is 0.262 e. The molecule has 0 aliphatic heterocycles. The molecule has 144 valence electrons. The highest BCUT2D eigenvalue weighted by molar-refractivity contribution is 8.00. The molecule has 0 saturated heterocycles. The van der Waals surface area contributed by atoms with Crippen LogP contribution < -0.4 is 10.9 Å². The first-order chi connectivity index (χ1) is 13.4. The topological polar surface area (TPSA) is 64.0 Å². The molecule has 0 aliphatic carbocycles. The van der Waals surface area contributed by atoms with Crippen molar-refractivity contribution in [2.75, 3.05) is 5.32 Å². The van der Waals surface area contributed by atoms with E-state index in [1.807, 2.05) is 0 Å². The largest absolute Gasteiger partial charge is 0.323 e. The Labute approximate surface area is 164 Å². The molecule has 8 heteroatoms. The Morgan fingerprint density at radius 1 is 1.32 bits per heavy atom. The average molecular weight is 401 g/mol. The molecule has 1 atom stereocenters. The number of carbonyl (C=O) groups excluding carboxylic acids is 1. The van der Waals surface area contributed by atoms with Gasteiger partial charge in [-0.2, -0.15) is 0 Å².